The molecule has 1 aromatic rings. The third-order valence-corrected chi connectivity index (χ3v) is 2.73. The molecule has 0 aliphatic heterocycles. The van der Waals surface area contributed by atoms with Crippen LogP contribution in [0, 0.1) is 20.8 Å². The zero-order chi connectivity index (χ0) is 12.1. The molecular weight excluding hydrogens is 196 g/mol. The standard InChI is InChI=1S/C14H22N2/c1-6-16(5)8-7-15-14-12(3)9-11(2)10-13(14)4/h7-10,15H,6H2,1-5H3/b8-7-. The van der Waals surface area contributed by atoms with Crippen LogP contribution in [0.4, 0.5) is 5.69 Å². The van der Waals surface area contributed by atoms with Gasteiger partial charge in [0, 0.05) is 31.7 Å². The van der Waals surface area contributed by atoms with Crippen molar-refractivity contribution in [3.05, 3.63) is 41.2 Å². The van der Waals surface area contributed by atoms with Crippen LogP contribution in [-0.4, -0.2) is 18.5 Å². The van der Waals surface area contributed by atoms with E-state index in [0.29, 0.717) is 0 Å². The van der Waals surface area contributed by atoms with Crippen LogP contribution in [0.3, 0.4) is 0 Å². The second-order valence-corrected chi connectivity index (χ2v) is 4.31. The van der Waals surface area contributed by atoms with Crippen LogP contribution in [0.2, 0.25) is 0 Å². The summed E-state index contributed by atoms with van der Waals surface area (Å²) in [4.78, 5) is 2.13. The molecule has 0 atom stereocenters. The van der Waals surface area contributed by atoms with E-state index >= 15 is 0 Å². The molecule has 16 heavy (non-hydrogen) atoms. The van der Waals surface area contributed by atoms with Gasteiger partial charge in [0.25, 0.3) is 0 Å². The first-order valence-corrected chi connectivity index (χ1v) is 5.76. The number of hydrogen-bond donors (Lipinski definition) is 1. The number of anilines is 1. The number of benzene rings is 1. The Morgan fingerprint density at radius 1 is 1.19 bits per heavy atom. The van der Waals surface area contributed by atoms with Gasteiger partial charge in [-0.15, -0.1) is 0 Å². The van der Waals surface area contributed by atoms with Crippen molar-refractivity contribution in [2.24, 2.45) is 0 Å². The maximum Gasteiger partial charge on any atom is 0.0439 e. The summed E-state index contributed by atoms with van der Waals surface area (Å²) in [5.41, 5.74) is 5.11. The molecule has 0 bridgehead atoms. The highest BCUT2D eigenvalue weighted by atomic mass is 15.1. The Morgan fingerprint density at radius 3 is 2.25 bits per heavy atom. The van der Waals surface area contributed by atoms with Gasteiger partial charge in [-0.1, -0.05) is 17.7 Å². The Kier molecular flexibility index (Phi) is 4.41. The molecule has 0 aromatic heterocycles. The first-order valence-electron chi connectivity index (χ1n) is 5.76. The number of rotatable bonds is 4. The lowest BCUT2D eigenvalue weighted by Gasteiger charge is -2.13. The Bertz CT molecular complexity index is 357. The molecule has 0 saturated heterocycles. The Hall–Kier alpha value is -1.44. The smallest absolute Gasteiger partial charge is 0.0439 e. The number of hydrogen-bond acceptors (Lipinski definition) is 2. The van der Waals surface area contributed by atoms with E-state index in [2.05, 4.69) is 63.3 Å². The molecule has 0 fully saturated rings. The van der Waals surface area contributed by atoms with Gasteiger partial charge in [0.15, 0.2) is 0 Å². The van der Waals surface area contributed by atoms with Gasteiger partial charge < -0.3 is 10.2 Å². The van der Waals surface area contributed by atoms with Crippen LogP contribution in [0.25, 0.3) is 0 Å². The summed E-state index contributed by atoms with van der Waals surface area (Å²) < 4.78 is 0. The predicted octanol–water partition coefficient (Wildman–Crippen LogP) is 3.45. The average molecular weight is 218 g/mol. The maximum atomic E-state index is 3.35. The van der Waals surface area contributed by atoms with E-state index in [1.807, 2.05) is 6.20 Å². The molecule has 0 aliphatic rings. The number of nitrogens with zero attached hydrogens (tertiary/aromatic N) is 1. The van der Waals surface area contributed by atoms with Gasteiger partial charge in [-0.25, -0.2) is 0 Å². The summed E-state index contributed by atoms with van der Waals surface area (Å²) >= 11 is 0. The summed E-state index contributed by atoms with van der Waals surface area (Å²) in [6.45, 7) is 9.56. The van der Waals surface area contributed by atoms with Crippen molar-refractivity contribution in [3.63, 3.8) is 0 Å². The Labute approximate surface area is 99.0 Å². The molecule has 0 radical (unpaired) electrons. The molecule has 0 aliphatic carbocycles. The van der Waals surface area contributed by atoms with Gasteiger partial charge >= 0.3 is 0 Å². The van der Waals surface area contributed by atoms with Crippen LogP contribution in [-0.2, 0) is 0 Å². The zero-order valence-electron chi connectivity index (χ0n) is 11.0. The minimum absolute atomic E-state index is 1.02. The van der Waals surface area contributed by atoms with Gasteiger partial charge in [0.1, 0.15) is 0 Å². The van der Waals surface area contributed by atoms with Crippen molar-refractivity contribution in [3.8, 4) is 0 Å². The maximum absolute atomic E-state index is 3.35. The predicted molar refractivity (Wildman–Crippen MR) is 71.7 cm³/mol. The van der Waals surface area contributed by atoms with Gasteiger partial charge in [0.05, 0.1) is 0 Å². The third-order valence-electron chi connectivity index (χ3n) is 2.73. The van der Waals surface area contributed by atoms with E-state index in [1.54, 1.807) is 0 Å². The number of aryl methyl sites for hydroxylation is 3. The summed E-state index contributed by atoms with van der Waals surface area (Å²) in [6, 6.07) is 4.40. The summed E-state index contributed by atoms with van der Waals surface area (Å²) in [7, 11) is 2.06. The molecule has 2 nitrogen and oxygen atoms in total. The van der Waals surface area contributed by atoms with E-state index in [0.717, 1.165) is 6.54 Å². The van der Waals surface area contributed by atoms with Crippen molar-refractivity contribution in [2.75, 3.05) is 18.9 Å². The molecule has 1 rings (SSSR count). The lowest BCUT2D eigenvalue weighted by Crippen LogP contribution is -2.09. The first-order chi connectivity index (χ1) is 7.54. The van der Waals surface area contributed by atoms with Crippen LogP contribution in [0.5, 0.6) is 0 Å². The van der Waals surface area contributed by atoms with E-state index < -0.39 is 0 Å². The fourth-order valence-corrected chi connectivity index (χ4v) is 1.76. The van der Waals surface area contributed by atoms with Gasteiger partial charge in [-0.05, 0) is 38.8 Å². The summed E-state index contributed by atoms with van der Waals surface area (Å²) in [6.07, 6.45) is 4.05. The normalized spacial score (nSPS) is 10.8. The molecule has 88 valence electrons. The molecule has 1 N–H and O–H groups in total. The average Bonchev–Trinajstić information content (AvgIpc) is 2.21. The minimum atomic E-state index is 1.02. The Morgan fingerprint density at radius 2 is 1.75 bits per heavy atom. The van der Waals surface area contributed by atoms with E-state index in [4.69, 9.17) is 0 Å². The molecule has 0 unspecified atom stereocenters. The monoisotopic (exact) mass is 218 g/mol. The van der Waals surface area contributed by atoms with E-state index in [9.17, 15) is 0 Å². The van der Waals surface area contributed by atoms with E-state index in [-0.39, 0.29) is 0 Å². The van der Waals surface area contributed by atoms with Crippen molar-refractivity contribution in [2.45, 2.75) is 27.7 Å². The summed E-state index contributed by atoms with van der Waals surface area (Å²) in [5, 5.41) is 3.35. The van der Waals surface area contributed by atoms with Crippen molar-refractivity contribution in [1.29, 1.82) is 0 Å². The zero-order valence-corrected chi connectivity index (χ0v) is 11.0. The number of nitrogens with one attached hydrogen (secondary N) is 1. The molecular formula is C14H22N2. The van der Waals surface area contributed by atoms with Crippen molar-refractivity contribution in [1.82, 2.24) is 4.90 Å². The summed E-state index contributed by atoms with van der Waals surface area (Å²) in [5.74, 6) is 0. The largest absolute Gasteiger partial charge is 0.380 e. The second-order valence-electron chi connectivity index (χ2n) is 4.31. The van der Waals surface area contributed by atoms with Gasteiger partial charge in [-0.3, -0.25) is 0 Å². The highest BCUT2D eigenvalue weighted by molar-refractivity contribution is 5.59. The van der Waals surface area contributed by atoms with Crippen molar-refractivity contribution >= 4 is 5.69 Å². The molecule has 0 heterocycles. The lowest BCUT2D eigenvalue weighted by atomic mass is 10.1. The van der Waals surface area contributed by atoms with Crippen LogP contribution in [0.15, 0.2) is 24.5 Å². The minimum Gasteiger partial charge on any atom is -0.380 e. The fraction of sp³-hybridized carbons (Fsp3) is 0.429. The highest BCUT2D eigenvalue weighted by Crippen LogP contribution is 2.21. The molecule has 2 heteroatoms. The van der Waals surface area contributed by atoms with Crippen LogP contribution < -0.4 is 5.32 Å². The second kappa shape index (κ2) is 5.59. The molecule has 0 amide bonds. The van der Waals surface area contributed by atoms with Gasteiger partial charge in [-0.2, -0.15) is 0 Å². The lowest BCUT2D eigenvalue weighted by molar-refractivity contribution is 0.483. The Balaban J connectivity index is 2.78. The van der Waals surface area contributed by atoms with Crippen LogP contribution >= 0.6 is 0 Å². The SMILES string of the molecule is CCN(C)/C=C\Nc1c(C)cc(C)cc1C. The van der Waals surface area contributed by atoms with Crippen LogP contribution in [0.1, 0.15) is 23.6 Å². The van der Waals surface area contributed by atoms with E-state index in [1.165, 1.54) is 22.4 Å². The molecule has 0 saturated carbocycles. The van der Waals surface area contributed by atoms with Gasteiger partial charge in [0.2, 0.25) is 0 Å². The first kappa shape index (κ1) is 12.6. The fourth-order valence-electron chi connectivity index (χ4n) is 1.76. The molecule has 1 aromatic carbocycles. The quantitative estimate of drug-likeness (QED) is 0.832. The van der Waals surface area contributed by atoms with Crippen molar-refractivity contribution < 1.29 is 0 Å². The topological polar surface area (TPSA) is 15.3 Å². The highest BCUT2D eigenvalue weighted by Gasteiger charge is 2.01. The molecule has 0 spiro atoms. The third kappa shape index (κ3) is 3.30.